The highest BCUT2D eigenvalue weighted by Gasteiger charge is 2.45. The molecule has 154 valence electrons. The fourth-order valence-corrected chi connectivity index (χ4v) is 4.99. The van der Waals surface area contributed by atoms with Crippen molar-refractivity contribution in [3.8, 4) is 22.8 Å². The number of likely N-dealkylation sites (tertiary alicyclic amines) is 1. The van der Waals surface area contributed by atoms with Crippen LogP contribution in [-0.4, -0.2) is 45.2 Å². The molecule has 0 bridgehead atoms. The second kappa shape index (κ2) is 7.69. The Morgan fingerprint density at radius 1 is 1.07 bits per heavy atom. The smallest absolute Gasteiger partial charge is 0.259 e. The summed E-state index contributed by atoms with van der Waals surface area (Å²) < 4.78 is 5.52. The Labute approximate surface area is 175 Å². The molecule has 1 saturated carbocycles. The number of benzene rings is 2. The number of amides is 1. The Morgan fingerprint density at radius 2 is 1.83 bits per heavy atom. The van der Waals surface area contributed by atoms with Gasteiger partial charge in [-0.05, 0) is 37.8 Å². The van der Waals surface area contributed by atoms with Gasteiger partial charge in [0.2, 0.25) is 5.82 Å². The quantitative estimate of drug-likeness (QED) is 0.710. The van der Waals surface area contributed by atoms with Gasteiger partial charge in [0.25, 0.3) is 11.8 Å². The molecule has 2 aromatic carbocycles. The minimum atomic E-state index is -0.312. The van der Waals surface area contributed by atoms with Crippen LogP contribution in [0.2, 0.25) is 0 Å². The lowest BCUT2D eigenvalue weighted by Gasteiger charge is -2.42. The lowest BCUT2D eigenvalue weighted by atomic mass is 9.76. The number of rotatable bonds is 3. The molecule has 1 aliphatic heterocycles. The lowest BCUT2D eigenvalue weighted by Crippen LogP contribution is -2.49. The summed E-state index contributed by atoms with van der Waals surface area (Å²) in [6.07, 6.45) is 4.46. The van der Waals surface area contributed by atoms with Gasteiger partial charge >= 0.3 is 0 Å². The zero-order valence-electron chi connectivity index (χ0n) is 16.8. The van der Waals surface area contributed by atoms with E-state index in [0.717, 1.165) is 37.7 Å². The highest BCUT2D eigenvalue weighted by atomic mass is 16.5. The standard InChI is InChI=1S/C24H25N3O3/c28-20-12-6-13-24(20)14-7-15-27(16-24)23(29)19-11-5-4-10-18(19)22-25-21(26-30-22)17-8-2-1-3-9-17/h1-5,8-11,20,28H,6-7,12-16H2/t20-,24+/m1/s1. The van der Waals surface area contributed by atoms with E-state index in [1.54, 1.807) is 0 Å². The molecule has 1 amide bonds. The molecular weight excluding hydrogens is 378 g/mol. The van der Waals surface area contributed by atoms with Crippen molar-refractivity contribution in [2.45, 2.75) is 38.2 Å². The molecule has 2 fully saturated rings. The van der Waals surface area contributed by atoms with Crippen LogP contribution in [0, 0.1) is 5.41 Å². The van der Waals surface area contributed by atoms with Gasteiger partial charge in [0.05, 0.1) is 17.2 Å². The van der Waals surface area contributed by atoms with Crippen LogP contribution in [0.25, 0.3) is 22.8 Å². The number of hydrogen-bond donors (Lipinski definition) is 1. The largest absolute Gasteiger partial charge is 0.392 e. The normalized spacial score (nSPS) is 23.8. The van der Waals surface area contributed by atoms with Gasteiger partial charge in [0.15, 0.2) is 0 Å². The number of hydrogen-bond acceptors (Lipinski definition) is 5. The molecule has 1 saturated heterocycles. The topological polar surface area (TPSA) is 79.5 Å². The van der Waals surface area contributed by atoms with E-state index < -0.39 is 0 Å². The summed E-state index contributed by atoms with van der Waals surface area (Å²) in [5.41, 5.74) is 1.92. The number of aromatic nitrogens is 2. The molecule has 1 spiro atoms. The highest BCUT2D eigenvalue weighted by molar-refractivity contribution is 6.00. The molecule has 2 atom stereocenters. The number of nitrogens with zero attached hydrogens (tertiary/aromatic N) is 3. The molecule has 30 heavy (non-hydrogen) atoms. The number of carbonyl (C=O) groups excluding carboxylic acids is 1. The van der Waals surface area contributed by atoms with Crippen molar-refractivity contribution in [3.05, 3.63) is 60.2 Å². The van der Waals surface area contributed by atoms with Crippen LogP contribution in [0.4, 0.5) is 0 Å². The summed E-state index contributed by atoms with van der Waals surface area (Å²) in [5.74, 6) is 0.799. The molecule has 6 nitrogen and oxygen atoms in total. The van der Waals surface area contributed by atoms with Crippen LogP contribution in [0.5, 0.6) is 0 Å². The Morgan fingerprint density at radius 3 is 2.63 bits per heavy atom. The summed E-state index contributed by atoms with van der Waals surface area (Å²) in [5, 5.41) is 14.6. The number of aliphatic hydroxyl groups excluding tert-OH is 1. The van der Waals surface area contributed by atoms with E-state index in [9.17, 15) is 9.90 Å². The maximum Gasteiger partial charge on any atom is 0.259 e. The van der Waals surface area contributed by atoms with Crippen molar-refractivity contribution in [2.24, 2.45) is 5.41 Å². The molecule has 2 aliphatic rings. The van der Waals surface area contributed by atoms with E-state index in [1.165, 1.54) is 0 Å². The first-order chi connectivity index (χ1) is 14.7. The average molecular weight is 403 g/mol. The van der Waals surface area contributed by atoms with Crippen LogP contribution >= 0.6 is 0 Å². The summed E-state index contributed by atoms with van der Waals surface area (Å²) in [7, 11) is 0. The van der Waals surface area contributed by atoms with E-state index in [2.05, 4.69) is 10.1 Å². The molecular formula is C24H25N3O3. The molecule has 0 radical (unpaired) electrons. The first-order valence-electron chi connectivity index (χ1n) is 10.6. The molecule has 3 aromatic rings. The molecule has 1 N–H and O–H groups in total. The van der Waals surface area contributed by atoms with Crippen LogP contribution in [-0.2, 0) is 0 Å². The van der Waals surface area contributed by atoms with Gasteiger partial charge in [-0.2, -0.15) is 4.98 Å². The molecule has 1 aromatic heterocycles. The van der Waals surface area contributed by atoms with Crippen molar-refractivity contribution in [2.75, 3.05) is 13.1 Å². The second-order valence-corrected chi connectivity index (χ2v) is 8.44. The minimum absolute atomic E-state index is 0.0387. The predicted molar refractivity (Wildman–Crippen MR) is 113 cm³/mol. The molecule has 0 unspecified atom stereocenters. The summed E-state index contributed by atoms with van der Waals surface area (Å²) in [6.45, 7) is 1.32. The third-order valence-corrected chi connectivity index (χ3v) is 6.60. The number of piperidine rings is 1. The SMILES string of the molecule is O=C(c1ccccc1-c1nc(-c2ccccc2)no1)N1CCC[C@@]2(CCC[C@H]2O)C1. The third-order valence-electron chi connectivity index (χ3n) is 6.60. The zero-order valence-corrected chi connectivity index (χ0v) is 16.8. The van der Waals surface area contributed by atoms with Crippen molar-refractivity contribution < 1.29 is 14.4 Å². The Hall–Kier alpha value is -2.99. The second-order valence-electron chi connectivity index (χ2n) is 8.44. The Kier molecular flexibility index (Phi) is 4.87. The molecule has 2 heterocycles. The average Bonchev–Trinajstić information content (AvgIpc) is 3.42. The predicted octanol–water partition coefficient (Wildman–Crippen LogP) is 4.17. The maximum atomic E-state index is 13.5. The van der Waals surface area contributed by atoms with Gasteiger partial charge in [0.1, 0.15) is 0 Å². The number of aliphatic hydroxyl groups is 1. The van der Waals surface area contributed by atoms with E-state index in [4.69, 9.17) is 4.52 Å². The van der Waals surface area contributed by atoms with Gasteiger partial charge in [-0.25, -0.2) is 0 Å². The van der Waals surface area contributed by atoms with Crippen molar-refractivity contribution in [1.29, 1.82) is 0 Å². The molecule has 5 rings (SSSR count). The van der Waals surface area contributed by atoms with Crippen molar-refractivity contribution in [3.63, 3.8) is 0 Å². The van der Waals surface area contributed by atoms with Gasteiger partial charge in [-0.3, -0.25) is 4.79 Å². The number of carbonyl (C=O) groups is 1. The fraction of sp³-hybridized carbons (Fsp3) is 0.375. The van der Waals surface area contributed by atoms with Gasteiger partial charge in [-0.15, -0.1) is 0 Å². The van der Waals surface area contributed by atoms with E-state index in [0.29, 0.717) is 35.9 Å². The van der Waals surface area contributed by atoms with Crippen LogP contribution in [0.3, 0.4) is 0 Å². The lowest BCUT2D eigenvalue weighted by molar-refractivity contribution is -0.00534. The first kappa shape index (κ1) is 19.0. The molecule has 6 heteroatoms. The molecule has 1 aliphatic carbocycles. The third kappa shape index (κ3) is 3.31. The van der Waals surface area contributed by atoms with Crippen LogP contribution < -0.4 is 0 Å². The van der Waals surface area contributed by atoms with Gasteiger partial charge in [-0.1, -0.05) is 54.0 Å². The van der Waals surface area contributed by atoms with Crippen LogP contribution in [0.1, 0.15) is 42.5 Å². The maximum absolute atomic E-state index is 13.5. The van der Waals surface area contributed by atoms with Gasteiger partial charge in [0, 0.05) is 24.1 Å². The Balaban J connectivity index is 1.44. The minimum Gasteiger partial charge on any atom is -0.392 e. The summed E-state index contributed by atoms with van der Waals surface area (Å²) in [6, 6.07) is 17.0. The highest BCUT2D eigenvalue weighted by Crippen LogP contribution is 2.45. The van der Waals surface area contributed by atoms with Crippen molar-refractivity contribution in [1.82, 2.24) is 15.0 Å². The summed E-state index contributed by atoms with van der Waals surface area (Å²) >= 11 is 0. The fourth-order valence-electron chi connectivity index (χ4n) is 4.99. The Bertz CT molecular complexity index is 1050. The van der Waals surface area contributed by atoms with Crippen molar-refractivity contribution >= 4 is 5.91 Å². The monoisotopic (exact) mass is 403 g/mol. The van der Waals surface area contributed by atoms with Gasteiger partial charge < -0.3 is 14.5 Å². The summed E-state index contributed by atoms with van der Waals surface area (Å²) in [4.78, 5) is 19.9. The van der Waals surface area contributed by atoms with E-state index in [1.807, 2.05) is 59.5 Å². The zero-order chi connectivity index (χ0) is 20.6. The van der Waals surface area contributed by atoms with Crippen LogP contribution in [0.15, 0.2) is 59.1 Å². The van der Waals surface area contributed by atoms with E-state index >= 15 is 0 Å². The first-order valence-corrected chi connectivity index (χ1v) is 10.6. The van der Waals surface area contributed by atoms with E-state index in [-0.39, 0.29) is 17.4 Å².